The lowest BCUT2D eigenvalue weighted by atomic mass is 10.0. The molecule has 2 amide bonds. The number of aromatic nitrogens is 1. The summed E-state index contributed by atoms with van der Waals surface area (Å²) in [6, 6.07) is 16.6. The average molecular weight is 403 g/mol. The number of para-hydroxylation sites is 2. The van der Waals surface area contributed by atoms with Gasteiger partial charge >= 0.3 is 0 Å². The molecular weight excluding hydrogens is 378 g/mol. The van der Waals surface area contributed by atoms with Gasteiger partial charge in [-0.05, 0) is 36.1 Å². The Labute approximate surface area is 174 Å². The summed E-state index contributed by atoms with van der Waals surface area (Å²) < 4.78 is 5.61. The summed E-state index contributed by atoms with van der Waals surface area (Å²) in [5, 5.41) is 7.78. The van der Waals surface area contributed by atoms with Gasteiger partial charge in [-0.25, -0.2) is 0 Å². The molecule has 0 bridgehead atoms. The second-order valence-electron chi connectivity index (χ2n) is 7.74. The molecule has 2 aromatic carbocycles. The van der Waals surface area contributed by atoms with Crippen molar-refractivity contribution < 1.29 is 14.0 Å². The number of aromatic amines is 1. The van der Waals surface area contributed by atoms with E-state index in [1.54, 1.807) is 6.07 Å². The molecule has 0 aliphatic carbocycles. The number of hydrogen-bond acceptors (Lipinski definition) is 3. The number of nitrogens with one attached hydrogen (secondary N) is 3. The smallest absolute Gasteiger partial charge is 0.287 e. The topological polar surface area (TPSA) is 87.1 Å². The molecular formula is C24H25N3O3. The van der Waals surface area contributed by atoms with E-state index >= 15 is 0 Å². The molecule has 6 heteroatoms. The van der Waals surface area contributed by atoms with Crippen LogP contribution in [0.5, 0.6) is 0 Å². The fraction of sp³-hybridized carbons (Fsp3) is 0.250. The number of hydrogen-bond donors (Lipinski definition) is 3. The van der Waals surface area contributed by atoms with Gasteiger partial charge in [0, 0.05) is 29.0 Å². The van der Waals surface area contributed by atoms with E-state index in [2.05, 4.69) is 21.7 Å². The van der Waals surface area contributed by atoms with Crippen LogP contribution in [0.3, 0.4) is 0 Å². The maximum Gasteiger partial charge on any atom is 0.287 e. The molecule has 2 aromatic heterocycles. The van der Waals surface area contributed by atoms with Crippen LogP contribution in [0.25, 0.3) is 21.9 Å². The molecule has 30 heavy (non-hydrogen) atoms. The maximum absolute atomic E-state index is 12.8. The number of furan rings is 1. The van der Waals surface area contributed by atoms with Crippen LogP contribution in [0, 0.1) is 5.92 Å². The van der Waals surface area contributed by atoms with Gasteiger partial charge in [0.15, 0.2) is 5.76 Å². The second-order valence-corrected chi connectivity index (χ2v) is 7.74. The molecule has 0 aliphatic heterocycles. The molecule has 1 unspecified atom stereocenters. The van der Waals surface area contributed by atoms with E-state index < -0.39 is 11.9 Å². The molecule has 0 aliphatic rings. The number of amides is 2. The maximum atomic E-state index is 12.8. The fourth-order valence-electron chi connectivity index (χ4n) is 3.61. The molecule has 1 atom stereocenters. The molecule has 154 valence electrons. The Hall–Kier alpha value is -3.54. The molecule has 0 spiro atoms. The van der Waals surface area contributed by atoms with E-state index in [9.17, 15) is 9.59 Å². The normalized spacial score (nSPS) is 12.4. The summed E-state index contributed by atoms with van der Waals surface area (Å²) in [5.41, 5.74) is 2.88. The largest absolute Gasteiger partial charge is 0.451 e. The lowest BCUT2D eigenvalue weighted by molar-refractivity contribution is -0.123. The summed E-state index contributed by atoms with van der Waals surface area (Å²) in [6.45, 7) is 4.30. The predicted octanol–water partition coefficient (Wildman–Crippen LogP) is 4.03. The number of carbonyl (C=O) groups is 2. The van der Waals surface area contributed by atoms with E-state index in [1.807, 2.05) is 62.5 Å². The molecule has 2 heterocycles. The summed E-state index contributed by atoms with van der Waals surface area (Å²) >= 11 is 0. The van der Waals surface area contributed by atoms with Crippen LogP contribution < -0.4 is 10.6 Å². The Morgan fingerprint density at radius 2 is 1.83 bits per heavy atom. The Kier molecular flexibility index (Phi) is 5.57. The zero-order chi connectivity index (χ0) is 21.1. The van der Waals surface area contributed by atoms with E-state index in [0.717, 1.165) is 21.9 Å². The summed E-state index contributed by atoms with van der Waals surface area (Å²) in [4.78, 5) is 28.6. The highest BCUT2D eigenvalue weighted by atomic mass is 16.3. The van der Waals surface area contributed by atoms with Gasteiger partial charge in [-0.15, -0.1) is 0 Å². The minimum atomic E-state index is -0.645. The van der Waals surface area contributed by atoms with Gasteiger partial charge < -0.3 is 20.0 Å². The van der Waals surface area contributed by atoms with Crippen LogP contribution in [-0.2, 0) is 11.2 Å². The van der Waals surface area contributed by atoms with E-state index in [-0.39, 0.29) is 17.6 Å². The molecule has 0 radical (unpaired) electrons. The SMILES string of the molecule is CC(C)C(NC(=O)c1cc2ccccc2o1)C(=O)NCCc1c[nH]c2ccccc12. The van der Waals surface area contributed by atoms with Gasteiger partial charge in [0.25, 0.3) is 5.91 Å². The third-order valence-electron chi connectivity index (χ3n) is 5.25. The van der Waals surface area contributed by atoms with Crippen LogP contribution >= 0.6 is 0 Å². The monoisotopic (exact) mass is 403 g/mol. The predicted molar refractivity (Wildman–Crippen MR) is 117 cm³/mol. The van der Waals surface area contributed by atoms with Crippen molar-refractivity contribution in [1.29, 1.82) is 0 Å². The molecule has 0 fully saturated rings. The highest BCUT2D eigenvalue weighted by molar-refractivity contribution is 5.98. The minimum absolute atomic E-state index is 0.0635. The van der Waals surface area contributed by atoms with Crippen molar-refractivity contribution >= 4 is 33.7 Å². The lowest BCUT2D eigenvalue weighted by Gasteiger charge is -2.21. The van der Waals surface area contributed by atoms with E-state index in [1.165, 1.54) is 0 Å². The number of H-pyrrole nitrogens is 1. The Bertz CT molecular complexity index is 1160. The van der Waals surface area contributed by atoms with Crippen molar-refractivity contribution in [2.45, 2.75) is 26.3 Å². The van der Waals surface area contributed by atoms with Crippen molar-refractivity contribution in [2.24, 2.45) is 5.92 Å². The van der Waals surface area contributed by atoms with Crippen molar-refractivity contribution in [2.75, 3.05) is 6.54 Å². The molecule has 0 saturated heterocycles. The Morgan fingerprint density at radius 3 is 2.63 bits per heavy atom. The number of fused-ring (bicyclic) bond motifs is 2. The zero-order valence-electron chi connectivity index (χ0n) is 17.1. The standard InChI is InChI=1S/C24H25N3O3/c1-15(2)22(27-23(28)21-13-16-7-3-6-10-20(16)30-21)24(29)25-12-11-17-14-26-19-9-5-4-8-18(17)19/h3-10,13-15,22,26H,11-12H2,1-2H3,(H,25,29)(H,27,28). The summed E-state index contributed by atoms with van der Waals surface area (Å²) in [5.74, 6) is -0.453. The fourth-order valence-corrected chi connectivity index (χ4v) is 3.61. The number of carbonyl (C=O) groups excluding carboxylic acids is 2. The van der Waals surface area contributed by atoms with Crippen LogP contribution in [0.1, 0.15) is 30.0 Å². The lowest BCUT2D eigenvalue weighted by Crippen LogP contribution is -2.50. The first-order valence-corrected chi connectivity index (χ1v) is 10.1. The van der Waals surface area contributed by atoms with Crippen molar-refractivity contribution in [1.82, 2.24) is 15.6 Å². The third kappa shape index (κ3) is 4.08. The molecule has 0 saturated carbocycles. The number of benzene rings is 2. The first kappa shape index (κ1) is 19.8. The zero-order valence-corrected chi connectivity index (χ0v) is 17.1. The summed E-state index contributed by atoms with van der Waals surface area (Å²) in [6.07, 6.45) is 2.68. The van der Waals surface area contributed by atoms with Gasteiger partial charge in [-0.3, -0.25) is 9.59 Å². The van der Waals surface area contributed by atoms with Crippen LogP contribution in [-0.4, -0.2) is 29.4 Å². The van der Waals surface area contributed by atoms with Crippen molar-refractivity contribution in [3.8, 4) is 0 Å². The molecule has 6 nitrogen and oxygen atoms in total. The van der Waals surface area contributed by atoms with Crippen LogP contribution in [0.4, 0.5) is 0 Å². The Morgan fingerprint density at radius 1 is 1.07 bits per heavy atom. The van der Waals surface area contributed by atoms with Crippen LogP contribution in [0.15, 0.2) is 65.2 Å². The van der Waals surface area contributed by atoms with Gasteiger partial charge in [0.1, 0.15) is 11.6 Å². The van der Waals surface area contributed by atoms with Gasteiger partial charge in [0.2, 0.25) is 5.91 Å². The van der Waals surface area contributed by atoms with E-state index in [4.69, 9.17) is 4.42 Å². The first-order valence-electron chi connectivity index (χ1n) is 10.1. The van der Waals surface area contributed by atoms with Gasteiger partial charge in [-0.2, -0.15) is 0 Å². The summed E-state index contributed by atoms with van der Waals surface area (Å²) in [7, 11) is 0. The van der Waals surface area contributed by atoms with Crippen LogP contribution in [0.2, 0.25) is 0 Å². The van der Waals surface area contributed by atoms with E-state index in [0.29, 0.717) is 18.5 Å². The second kappa shape index (κ2) is 8.45. The van der Waals surface area contributed by atoms with Crippen molar-refractivity contribution in [3.05, 3.63) is 72.1 Å². The first-order chi connectivity index (χ1) is 14.5. The highest BCUT2D eigenvalue weighted by Crippen LogP contribution is 2.19. The Balaban J connectivity index is 1.38. The number of rotatable bonds is 7. The minimum Gasteiger partial charge on any atom is -0.451 e. The highest BCUT2D eigenvalue weighted by Gasteiger charge is 2.25. The molecule has 4 aromatic rings. The third-order valence-corrected chi connectivity index (χ3v) is 5.25. The molecule has 3 N–H and O–H groups in total. The van der Waals surface area contributed by atoms with Crippen molar-refractivity contribution in [3.63, 3.8) is 0 Å². The quantitative estimate of drug-likeness (QED) is 0.435. The van der Waals surface area contributed by atoms with Gasteiger partial charge in [0.05, 0.1) is 0 Å². The van der Waals surface area contributed by atoms with Gasteiger partial charge in [-0.1, -0.05) is 50.2 Å². The average Bonchev–Trinajstić information content (AvgIpc) is 3.36. The molecule has 4 rings (SSSR count).